The van der Waals surface area contributed by atoms with E-state index < -0.39 is 11.5 Å². The Morgan fingerprint density at radius 3 is 2.42 bits per heavy atom. The number of H-pyrrole nitrogens is 1. The van der Waals surface area contributed by atoms with Crippen molar-refractivity contribution in [2.24, 2.45) is 0 Å². The van der Waals surface area contributed by atoms with Gasteiger partial charge in [-0.25, -0.2) is 0 Å². The molecule has 1 aliphatic carbocycles. The summed E-state index contributed by atoms with van der Waals surface area (Å²) in [6.07, 6.45) is 3.92. The number of aromatic amines is 1. The van der Waals surface area contributed by atoms with Crippen molar-refractivity contribution in [3.05, 3.63) is 67.1 Å². The van der Waals surface area contributed by atoms with Gasteiger partial charge in [0.2, 0.25) is 0 Å². The Balaban J connectivity index is 1.83. The van der Waals surface area contributed by atoms with Crippen LogP contribution in [0.2, 0.25) is 5.02 Å². The quantitative estimate of drug-likeness (QED) is 0.478. The van der Waals surface area contributed by atoms with E-state index in [4.69, 9.17) is 11.6 Å². The zero-order chi connectivity index (χ0) is 24.3. The molecule has 4 N–H and O–H groups in total. The third-order valence-electron chi connectivity index (χ3n) is 6.65. The molecule has 1 fully saturated rings. The molecule has 3 rings (SSSR count). The summed E-state index contributed by atoms with van der Waals surface area (Å²) in [7, 11) is 0. The van der Waals surface area contributed by atoms with E-state index in [2.05, 4.69) is 15.6 Å². The molecule has 1 heterocycles. The fourth-order valence-corrected chi connectivity index (χ4v) is 5.04. The van der Waals surface area contributed by atoms with Crippen LogP contribution >= 0.6 is 11.6 Å². The summed E-state index contributed by atoms with van der Waals surface area (Å²) in [5, 5.41) is 16.5. The molecule has 178 valence electrons. The van der Waals surface area contributed by atoms with Gasteiger partial charge in [0, 0.05) is 34.4 Å². The maximum atomic E-state index is 13.0. The van der Waals surface area contributed by atoms with Crippen molar-refractivity contribution < 1.29 is 14.7 Å². The summed E-state index contributed by atoms with van der Waals surface area (Å²) < 4.78 is 0. The summed E-state index contributed by atoms with van der Waals surface area (Å²) in [4.78, 5) is 40.1. The van der Waals surface area contributed by atoms with E-state index in [1.165, 1.54) is 0 Å². The minimum absolute atomic E-state index is 0.0947. The number of aromatic nitrogens is 1. The van der Waals surface area contributed by atoms with Crippen molar-refractivity contribution in [3.8, 4) is 0 Å². The highest BCUT2D eigenvalue weighted by atomic mass is 35.5. The molecule has 0 radical (unpaired) electrons. The molecule has 1 unspecified atom stereocenters. The van der Waals surface area contributed by atoms with Crippen LogP contribution in [0.3, 0.4) is 0 Å². The summed E-state index contributed by atoms with van der Waals surface area (Å²) in [6.45, 7) is 7.47. The minimum atomic E-state index is -0.973. The van der Waals surface area contributed by atoms with Crippen LogP contribution in [-0.2, 0) is 11.3 Å². The van der Waals surface area contributed by atoms with E-state index >= 15 is 0 Å². The van der Waals surface area contributed by atoms with Gasteiger partial charge in [0.25, 0.3) is 11.5 Å². The molecule has 1 saturated carbocycles. The summed E-state index contributed by atoms with van der Waals surface area (Å²) in [5.41, 5.74) is 2.79. The van der Waals surface area contributed by atoms with Crippen LogP contribution in [0, 0.1) is 20.8 Å². The number of nitrogens with one attached hydrogen (secondary N) is 3. The molecule has 1 amide bonds. The SMILES string of the molecule is Cc1cc(C)c(CNC(=O)c2cc(Cl)cc(C(C)NC3(C(=O)O)CCCCC3)c2C)c(=O)[nH]1. The fraction of sp³-hybridized carbons (Fsp3) is 0.480. The van der Waals surface area contributed by atoms with Gasteiger partial charge in [0.15, 0.2) is 0 Å². The molecule has 0 saturated heterocycles. The Morgan fingerprint density at radius 1 is 1.15 bits per heavy atom. The Labute approximate surface area is 198 Å². The van der Waals surface area contributed by atoms with Gasteiger partial charge in [-0.15, -0.1) is 0 Å². The Bertz CT molecular complexity index is 1120. The van der Waals surface area contributed by atoms with Crippen LogP contribution in [0.25, 0.3) is 0 Å². The molecular formula is C25H32ClN3O4. The first-order valence-corrected chi connectivity index (χ1v) is 11.7. The molecule has 0 aliphatic heterocycles. The molecule has 2 aromatic rings. The smallest absolute Gasteiger partial charge is 0.323 e. The number of carboxylic acid groups (broad SMARTS) is 1. The maximum Gasteiger partial charge on any atom is 0.323 e. The van der Waals surface area contributed by atoms with Gasteiger partial charge in [0.1, 0.15) is 5.54 Å². The first-order chi connectivity index (χ1) is 15.5. The van der Waals surface area contributed by atoms with Crippen LogP contribution in [0.15, 0.2) is 23.0 Å². The second kappa shape index (κ2) is 10.1. The third kappa shape index (κ3) is 5.47. The summed E-state index contributed by atoms with van der Waals surface area (Å²) in [5.74, 6) is -1.18. The Hall–Kier alpha value is -2.64. The molecule has 7 nitrogen and oxygen atoms in total. The average Bonchev–Trinajstić information content (AvgIpc) is 2.74. The third-order valence-corrected chi connectivity index (χ3v) is 6.87. The predicted molar refractivity (Wildman–Crippen MR) is 129 cm³/mol. The standard InChI is InChI=1S/C25H32ClN3O4/c1-14-10-15(2)28-23(31)21(14)13-27-22(30)20-12-18(26)11-19(16(20)3)17(4)29-25(24(32)33)8-6-5-7-9-25/h10-12,17,29H,5-9,13H2,1-4H3,(H,27,30)(H,28,31)(H,32,33). The second-order valence-corrected chi connectivity index (χ2v) is 9.54. The number of rotatable bonds is 7. The molecule has 0 spiro atoms. The van der Waals surface area contributed by atoms with Crippen LogP contribution < -0.4 is 16.2 Å². The summed E-state index contributed by atoms with van der Waals surface area (Å²) >= 11 is 6.36. The lowest BCUT2D eigenvalue weighted by Crippen LogP contribution is -2.54. The number of aryl methyl sites for hydroxylation is 2. The number of pyridine rings is 1. The number of hydrogen-bond acceptors (Lipinski definition) is 4. The number of carboxylic acids is 1. The molecule has 33 heavy (non-hydrogen) atoms. The number of halogens is 1. The average molecular weight is 474 g/mol. The number of amides is 1. The highest BCUT2D eigenvalue weighted by Gasteiger charge is 2.40. The van der Waals surface area contributed by atoms with Gasteiger partial charge in [-0.05, 0) is 75.4 Å². The van der Waals surface area contributed by atoms with Crippen molar-refractivity contribution in [2.45, 2.75) is 77.9 Å². The topological polar surface area (TPSA) is 111 Å². The van der Waals surface area contributed by atoms with E-state index in [0.717, 1.165) is 41.6 Å². The lowest BCUT2D eigenvalue weighted by Gasteiger charge is -2.37. The number of hydrogen-bond donors (Lipinski definition) is 4. The van der Waals surface area contributed by atoms with Crippen molar-refractivity contribution in [1.29, 1.82) is 0 Å². The molecule has 1 atom stereocenters. The van der Waals surface area contributed by atoms with Crippen molar-refractivity contribution in [2.75, 3.05) is 0 Å². The van der Waals surface area contributed by atoms with Gasteiger partial charge < -0.3 is 15.4 Å². The van der Waals surface area contributed by atoms with E-state index in [1.807, 2.05) is 33.8 Å². The molecule has 1 aliphatic rings. The number of benzene rings is 1. The lowest BCUT2D eigenvalue weighted by atomic mass is 9.80. The first kappa shape index (κ1) is 25.0. The van der Waals surface area contributed by atoms with E-state index in [0.29, 0.717) is 29.0 Å². The van der Waals surface area contributed by atoms with Crippen LogP contribution in [-0.4, -0.2) is 27.5 Å². The zero-order valence-corrected chi connectivity index (χ0v) is 20.4. The van der Waals surface area contributed by atoms with Crippen LogP contribution in [0.1, 0.15) is 83.4 Å². The zero-order valence-electron chi connectivity index (χ0n) is 19.6. The van der Waals surface area contributed by atoms with Crippen molar-refractivity contribution in [3.63, 3.8) is 0 Å². The van der Waals surface area contributed by atoms with E-state index in [-0.39, 0.29) is 24.1 Å². The highest BCUT2D eigenvalue weighted by molar-refractivity contribution is 6.31. The molecule has 0 bridgehead atoms. The monoisotopic (exact) mass is 473 g/mol. The second-order valence-electron chi connectivity index (χ2n) is 9.11. The largest absolute Gasteiger partial charge is 0.480 e. The molecule has 1 aromatic heterocycles. The van der Waals surface area contributed by atoms with Gasteiger partial charge in [-0.1, -0.05) is 30.9 Å². The number of aliphatic carboxylic acids is 1. The predicted octanol–water partition coefficient (Wildman–Crippen LogP) is 4.32. The Morgan fingerprint density at radius 2 is 1.82 bits per heavy atom. The minimum Gasteiger partial charge on any atom is -0.480 e. The number of carbonyl (C=O) groups excluding carboxylic acids is 1. The lowest BCUT2D eigenvalue weighted by molar-refractivity contribution is -0.146. The molecule has 1 aromatic carbocycles. The molecular weight excluding hydrogens is 442 g/mol. The van der Waals surface area contributed by atoms with E-state index in [9.17, 15) is 19.5 Å². The van der Waals surface area contributed by atoms with Crippen molar-refractivity contribution >= 4 is 23.5 Å². The van der Waals surface area contributed by atoms with Gasteiger partial charge >= 0.3 is 5.97 Å². The van der Waals surface area contributed by atoms with Gasteiger partial charge in [-0.3, -0.25) is 19.7 Å². The normalized spacial score (nSPS) is 16.3. The highest BCUT2D eigenvalue weighted by Crippen LogP contribution is 2.33. The van der Waals surface area contributed by atoms with Gasteiger partial charge in [-0.2, -0.15) is 0 Å². The fourth-order valence-electron chi connectivity index (χ4n) is 4.82. The Kier molecular flexibility index (Phi) is 7.65. The van der Waals surface area contributed by atoms with Crippen LogP contribution in [0.5, 0.6) is 0 Å². The maximum absolute atomic E-state index is 13.0. The first-order valence-electron chi connectivity index (χ1n) is 11.3. The van der Waals surface area contributed by atoms with E-state index in [1.54, 1.807) is 12.1 Å². The van der Waals surface area contributed by atoms with Crippen molar-refractivity contribution in [1.82, 2.24) is 15.6 Å². The summed E-state index contributed by atoms with van der Waals surface area (Å²) in [6, 6.07) is 4.93. The molecule has 8 heteroatoms. The number of carbonyl (C=O) groups is 2. The van der Waals surface area contributed by atoms with Crippen LogP contribution in [0.4, 0.5) is 0 Å². The van der Waals surface area contributed by atoms with Gasteiger partial charge in [0.05, 0.1) is 0 Å².